The standard InChI is InChI=1S/C11H9BrN4O/c1-6-13-10(11-15-14-7(2)17-11)9-5-8(12)3-4-16(6)9/h3-5H,1-2H3. The average molecular weight is 293 g/mol. The van der Waals surface area contributed by atoms with Crippen LogP contribution >= 0.6 is 15.9 Å². The molecule has 0 unspecified atom stereocenters. The summed E-state index contributed by atoms with van der Waals surface area (Å²) in [5.74, 6) is 1.87. The summed E-state index contributed by atoms with van der Waals surface area (Å²) in [7, 11) is 0. The molecular formula is C11H9BrN4O. The Morgan fingerprint density at radius 2 is 2.12 bits per heavy atom. The van der Waals surface area contributed by atoms with Crippen LogP contribution in [0.2, 0.25) is 0 Å². The lowest BCUT2D eigenvalue weighted by molar-refractivity contribution is 0.531. The molecule has 3 aromatic heterocycles. The van der Waals surface area contributed by atoms with Crippen LogP contribution in [0.25, 0.3) is 17.1 Å². The predicted molar refractivity (Wildman–Crippen MR) is 65.7 cm³/mol. The summed E-state index contributed by atoms with van der Waals surface area (Å²) < 4.78 is 8.39. The van der Waals surface area contributed by atoms with E-state index < -0.39 is 0 Å². The Morgan fingerprint density at radius 1 is 1.29 bits per heavy atom. The van der Waals surface area contributed by atoms with Gasteiger partial charge in [0.05, 0.1) is 5.52 Å². The predicted octanol–water partition coefficient (Wildman–Crippen LogP) is 2.76. The minimum atomic E-state index is 0.450. The molecule has 0 aliphatic heterocycles. The van der Waals surface area contributed by atoms with Crippen molar-refractivity contribution in [2.75, 3.05) is 0 Å². The molecule has 0 aliphatic rings. The number of aryl methyl sites for hydroxylation is 2. The molecule has 0 amide bonds. The van der Waals surface area contributed by atoms with Gasteiger partial charge in [-0.2, -0.15) is 0 Å². The highest BCUT2D eigenvalue weighted by Crippen LogP contribution is 2.25. The lowest BCUT2D eigenvalue weighted by Gasteiger charge is -1.96. The Bertz CT molecular complexity index is 701. The van der Waals surface area contributed by atoms with Crippen LogP contribution in [0.5, 0.6) is 0 Å². The first-order valence-corrected chi connectivity index (χ1v) is 5.89. The molecule has 0 N–H and O–H groups in total. The number of fused-ring (bicyclic) bond motifs is 1. The van der Waals surface area contributed by atoms with Crippen molar-refractivity contribution in [3.63, 3.8) is 0 Å². The van der Waals surface area contributed by atoms with Gasteiger partial charge in [0.25, 0.3) is 5.89 Å². The van der Waals surface area contributed by atoms with Gasteiger partial charge in [-0.05, 0) is 19.1 Å². The molecule has 0 spiro atoms. The van der Waals surface area contributed by atoms with Gasteiger partial charge in [-0.25, -0.2) is 4.98 Å². The Kier molecular flexibility index (Phi) is 2.25. The Morgan fingerprint density at radius 3 is 2.82 bits per heavy atom. The molecule has 0 fully saturated rings. The lowest BCUT2D eigenvalue weighted by atomic mass is 10.3. The van der Waals surface area contributed by atoms with E-state index in [-0.39, 0.29) is 0 Å². The second kappa shape index (κ2) is 3.66. The fourth-order valence-electron chi connectivity index (χ4n) is 1.76. The fourth-order valence-corrected chi connectivity index (χ4v) is 2.10. The Labute approximate surface area is 106 Å². The second-order valence-corrected chi connectivity index (χ2v) is 4.65. The number of halogens is 1. The number of hydrogen-bond donors (Lipinski definition) is 0. The number of imidazole rings is 1. The summed E-state index contributed by atoms with van der Waals surface area (Å²) in [6.45, 7) is 3.70. The molecule has 86 valence electrons. The van der Waals surface area contributed by atoms with Gasteiger partial charge in [0.1, 0.15) is 5.82 Å². The molecule has 3 aromatic rings. The topological polar surface area (TPSA) is 56.2 Å². The van der Waals surface area contributed by atoms with Crippen molar-refractivity contribution in [1.82, 2.24) is 19.6 Å². The van der Waals surface area contributed by atoms with Gasteiger partial charge in [-0.1, -0.05) is 15.9 Å². The third kappa shape index (κ3) is 1.64. The summed E-state index contributed by atoms with van der Waals surface area (Å²) in [5, 5.41) is 7.83. The average Bonchev–Trinajstić information content (AvgIpc) is 2.83. The van der Waals surface area contributed by atoms with Gasteiger partial charge in [-0.3, -0.25) is 0 Å². The third-order valence-corrected chi connectivity index (χ3v) is 3.00. The first-order chi connectivity index (χ1) is 8.15. The highest BCUT2D eigenvalue weighted by molar-refractivity contribution is 9.10. The summed E-state index contributed by atoms with van der Waals surface area (Å²) in [6, 6.07) is 3.94. The molecule has 0 aromatic carbocycles. The van der Waals surface area contributed by atoms with E-state index in [2.05, 4.69) is 31.1 Å². The van der Waals surface area contributed by atoms with Crippen LogP contribution in [0, 0.1) is 13.8 Å². The van der Waals surface area contributed by atoms with Crippen LogP contribution in [0.3, 0.4) is 0 Å². The van der Waals surface area contributed by atoms with Crippen LogP contribution < -0.4 is 0 Å². The van der Waals surface area contributed by atoms with E-state index in [0.29, 0.717) is 17.5 Å². The maximum atomic E-state index is 5.42. The normalized spacial score (nSPS) is 11.2. The highest BCUT2D eigenvalue weighted by Gasteiger charge is 2.15. The van der Waals surface area contributed by atoms with Crippen molar-refractivity contribution in [2.24, 2.45) is 0 Å². The van der Waals surface area contributed by atoms with Gasteiger partial charge in [0, 0.05) is 17.6 Å². The fraction of sp³-hybridized carbons (Fsp3) is 0.182. The molecule has 0 bridgehead atoms. The first-order valence-electron chi connectivity index (χ1n) is 5.10. The summed E-state index contributed by atoms with van der Waals surface area (Å²) in [4.78, 5) is 4.46. The van der Waals surface area contributed by atoms with Crippen LogP contribution in [0.15, 0.2) is 27.2 Å². The van der Waals surface area contributed by atoms with Crippen molar-refractivity contribution in [2.45, 2.75) is 13.8 Å². The quantitative estimate of drug-likeness (QED) is 0.692. The van der Waals surface area contributed by atoms with Crippen molar-refractivity contribution in [3.05, 3.63) is 34.5 Å². The number of aromatic nitrogens is 4. The highest BCUT2D eigenvalue weighted by atomic mass is 79.9. The molecule has 0 radical (unpaired) electrons. The molecule has 0 saturated carbocycles. The Balaban J connectivity index is 2.33. The van der Waals surface area contributed by atoms with E-state index in [1.165, 1.54) is 0 Å². The zero-order chi connectivity index (χ0) is 12.0. The molecule has 3 heterocycles. The van der Waals surface area contributed by atoms with E-state index in [1.807, 2.05) is 29.7 Å². The van der Waals surface area contributed by atoms with Gasteiger partial charge in [0.15, 0.2) is 5.69 Å². The van der Waals surface area contributed by atoms with E-state index in [0.717, 1.165) is 15.8 Å². The van der Waals surface area contributed by atoms with Gasteiger partial charge in [0.2, 0.25) is 5.89 Å². The van der Waals surface area contributed by atoms with Crippen molar-refractivity contribution >= 4 is 21.4 Å². The van der Waals surface area contributed by atoms with Crippen LogP contribution in [0.1, 0.15) is 11.7 Å². The SMILES string of the molecule is Cc1nnc(-c2nc(C)n3ccc(Br)cc23)o1. The smallest absolute Gasteiger partial charge is 0.268 e. The molecule has 6 heteroatoms. The number of hydrogen-bond acceptors (Lipinski definition) is 4. The largest absolute Gasteiger partial charge is 0.420 e. The summed E-state index contributed by atoms with van der Waals surface area (Å²) in [6.07, 6.45) is 1.95. The molecule has 3 rings (SSSR count). The molecular weight excluding hydrogens is 284 g/mol. The Hall–Kier alpha value is -1.69. The third-order valence-electron chi connectivity index (χ3n) is 2.51. The van der Waals surface area contributed by atoms with Gasteiger partial charge < -0.3 is 8.82 Å². The maximum Gasteiger partial charge on any atom is 0.268 e. The minimum absolute atomic E-state index is 0.450. The molecule has 0 saturated heterocycles. The molecule has 17 heavy (non-hydrogen) atoms. The monoisotopic (exact) mass is 292 g/mol. The number of pyridine rings is 1. The molecule has 0 aliphatic carbocycles. The zero-order valence-corrected chi connectivity index (χ0v) is 10.9. The number of rotatable bonds is 1. The molecule has 0 atom stereocenters. The zero-order valence-electron chi connectivity index (χ0n) is 9.31. The van der Waals surface area contributed by atoms with Crippen LogP contribution in [0.4, 0.5) is 0 Å². The van der Waals surface area contributed by atoms with Gasteiger partial charge in [-0.15, -0.1) is 10.2 Å². The van der Waals surface area contributed by atoms with Crippen LogP contribution in [-0.2, 0) is 0 Å². The molecule has 5 nitrogen and oxygen atoms in total. The van der Waals surface area contributed by atoms with E-state index in [9.17, 15) is 0 Å². The van der Waals surface area contributed by atoms with Gasteiger partial charge >= 0.3 is 0 Å². The first kappa shape index (κ1) is 10.5. The summed E-state index contributed by atoms with van der Waals surface area (Å²) >= 11 is 3.45. The minimum Gasteiger partial charge on any atom is -0.420 e. The lowest BCUT2D eigenvalue weighted by Crippen LogP contribution is -1.85. The van der Waals surface area contributed by atoms with Crippen molar-refractivity contribution in [3.8, 4) is 11.6 Å². The summed E-state index contributed by atoms with van der Waals surface area (Å²) in [5.41, 5.74) is 1.66. The van der Waals surface area contributed by atoms with Crippen molar-refractivity contribution < 1.29 is 4.42 Å². The van der Waals surface area contributed by atoms with E-state index in [1.54, 1.807) is 6.92 Å². The number of nitrogens with zero attached hydrogens (tertiary/aromatic N) is 4. The van der Waals surface area contributed by atoms with Crippen LogP contribution in [-0.4, -0.2) is 19.6 Å². The van der Waals surface area contributed by atoms with E-state index >= 15 is 0 Å². The second-order valence-electron chi connectivity index (χ2n) is 3.73. The van der Waals surface area contributed by atoms with E-state index in [4.69, 9.17) is 4.42 Å². The maximum absolute atomic E-state index is 5.42. The van der Waals surface area contributed by atoms with Crippen molar-refractivity contribution in [1.29, 1.82) is 0 Å².